The van der Waals surface area contributed by atoms with Crippen LogP contribution in [0.1, 0.15) is 12.0 Å². The van der Waals surface area contributed by atoms with Crippen molar-refractivity contribution in [3.63, 3.8) is 0 Å². The predicted octanol–water partition coefficient (Wildman–Crippen LogP) is 2.58. The van der Waals surface area contributed by atoms with Crippen LogP contribution < -0.4 is 0 Å². The van der Waals surface area contributed by atoms with Gasteiger partial charge in [0.05, 0.1) is 5.57 Å². The molecular formula is C14H13IO4. The first kappa shape index (κ1) is 14.1. The summed E-state index contributed by atoms with van der Waals surface area (Å²) in [5, 5.41) is 29.3. The van der Waals surface area contributed by atoms with Gasteiger partial charge in [-0.15, -0.1) is 0 Å². The Bertz CT molecular complexity index is 558. The van der Waals surface area contributed by atoms with Gasteiger partial charge >= 0.3 is 0 Å². The number of rotatable bonds is 3. The van der Waals surface area contributed by atoms with E-state index in [0.29, 0.717) is 0 Å². The Morgan fingerprint density at radius 3 is 2.47 bits per heavy atom. The zero-order valence-corrected chi connectivity index (χ0v) is 12.2. The van der Waals surface area contributed by atoms with Crippen LogP contribution in [0, 0.1) is 0 Å². The Morgan fingerprint density at radius 2 is 1.89 bits per heavy atom. The van der Waals surface area contributed by atoms with Crippen molar-refractivity contribution in [2.45, 2.75) is 16.4 Å². The second-order valence-electron chi connectivity index (χ2n) is 4.43. The SMILES string of the molecule is O=C(Cc1ccccc1)C1=C(O)CC(O)(I)C=C1O. The maximum absolute atomic E-state index is 12.1. The molecule has 5 heteroatoms. The van der Waals surface area contributed by atoms with Gasteiger partial charge in [-0.2, -0.15) is 0 Å². The summed E-state index contributed by atoms with van der Waals surface area (Å²) in [6.45, 7) is 0. The quantitative estimate of drug-likeness (QED) is 0.563. The summed E-state index contributed by atoms with van der Waals surface area (Å²) in [4.78, 5) is 12.1. The van der Waals surface area contributed by atoms with Crippen LogP contribution in [0.2, 0.25) is 0 Å². The molecule has 1 aromatic carbocycles. The van der Waals surface area contributed by atoms with Gasteiger partial charge < -0.3 is 15.3 Å². The van der Waals surface area contributed by atoms with Gasteiger partial charge in [0.2, 0.25) is 0 Å². The number of aliphatic hydroxyl groups excluding tert-OH is 2. The molecule has 0 heterocycles. The first-order valence-electron chi connectivity index (χ1n) is 5.72. The molecule has 1 aromatic rings. The number of alkyl halides is 1. The smallest absolute Gasteiger partial charge is 0.174 e. The molecule has 0 saturated heterocycles. The average molecular weight is 372 g/mol. The monoisotopic (exact) mass is 372 g/mol. The van der Waals surface area contributed by atoms with Crippen molar-refractivity contribution in [1.82, 2.24) is 0 Å². The van der Waals surface area contributed by atoms with E-state index in [2.05, 4.69) is 0 Å². The lowest BCUT2D eigenvalue weighted by atomic mass is 9.94. The second-order valence-corrected chi connectivity index (χ2v) is 6.30. The average Bonchev–Trinajstić information content (AvgIpc) is 2.27. The Morgan fingerprint density at radius 1 is 1.26 bits per heavy atom. The number of ketones is 1. The molecule has 0 radical (unpaired) electrons. The molecule has 0 spiro atoms. The second kappa shape index (κ2) is 5.34. The molecule has 0 bridgehead atoms. The summed E-state index contributed by atoms with van der Waals surface area (Å²) < 4.78 is -1.36. The number of hydrogen-bond acceptors (Lipinski definition) is 4. The van der Waals surface area contributed by atoms with Crippen molar-refractivity contribution in [3.05, 3.63) is 59.1 Å². The van der Waals surface area contributed by atoms with Crippen molar-refractivity contribution in [2.24, 2.45) is 0 Å². The highest BCUT2D eigenvalue weighted by Gasteiger charge is 2.33. The van der Waals surface area contributed by atoms with Crippen LogP contribution >= 0.6 is 22.6 Å². The van der Waals surface area contributed by atoms with E-state index in [4.69, 9.17) is 0 Å². The van der Waals surface area contributed by atoms with Gasteiger partial charge in [-0.05, 0) is 28.2 Å². The number of hydrogen-bond donors (Lipinski definition) is 3. The van der Waals surface area contributed by atoms with Gasteiger partial charge in [-0.25, -0.2) is 0 Å². The van der Waals surface area contributed by atoms with E-state index < -0.39 is 3.61 Å². The third-order valence-electron chi connectivity index (χ3n) is 2.80. The number of carbonyl (C=O) groups is 1. The van der Waals surface area contributed by atoms with Gasteiger partial charge in [0.25, 0.3) is 0 Å². The molecule has 0 aliphatic heterocycles. The molecule has 3 N–H and O–H groups in total. The fourth-order valence-electron chi connectivity index (χ4n) is 1.98. The number of carbonyl (C=O) groups excluding carboxylic acids is 1. The van der Waals surface area contributed by atoms with Crippen molar-refractivity contribution < 1.29 is 20.1 Å². The van der Waals surface area contributed by atoms with Crippen LogP contribution in [0.4, 0.5) is 0 Å². The maximum Gasteiger partial charge on any atom is 0.174 e. The van der Waals surface area contributed by atoms with Gasteiger partial charge in [0, 0.05) is 18.9 Å². The lowest BCUT2D eigenvalue weighted by Crippen LogP contribution is -2.26. The van der Waals surface area contributed by atoms with Crippen LogP contribution in [0.15, 0.2) is 53.5 Å². The minimum absolute atomic E-state index is 0.0898. The fourth-order valence-corrected chi connectivity index (χ4v) is 2.63. The molecule has 100 valence electrons. The summed E-state index contributed by atoms with van der Waals surface area (Å²) in [7, 11) is 0. The number of benzene rings is 1. The molecule has 0 amide bonds. The lowest BCUT2D eigenvalue weighted by Gasteiger charge is -2.23. The molecular weight excluding hydrogens is 359 g/mol. The molecule has 1 unspecified atom stereocenters. The van der Waals surface area contributed by atoms with Gasteiger partial charge in [0.15, 0.2) is 5.78 Å². The Balaban J connectivity index is 2.23. The van der Waals surface area contributed by atoms with E-state index in [9.17, 15) is 20.1 Å². The van der Waals surface area contributed by atoms with Crippen molar-refractivity contribution >= 4 is 28.4 Å². The van der Waals surface area contributed by atoms with Crippen LogP contribution in [-0.4, -0.2) is 24.7 Å². The zero-order chi connectivity index (χ0) is 14.0. The number of aliphatic hydroxyl groups is 3. The normalized spacial score (nSPS) is 23.2. The highest BCUT2D eigenvalue weighted by atomic mass is 127. The van der Waals surface area contributed by atoms with E-state index in [0.717, 1.165) is 5.56 Å². The molecule has 1 aliphatic carbocycles. The third kappa shape index (κ3) is 3.36. The van der Waals surface area contributed by atoms with Gasteiger partial charge in [-0.1, -0.05) is 30.3 Å². The number of Topliss-reactive ketones (excluding diaryl/α,β-unsaturated/α-hetero) is 1. The molecule has 4 nitrogen and oxygen atoms in total. The lowest BCUT2D eigenvalue weighted by molar-refractivity contribution is -0.115. The van der Waals surface area contributed by atoms with Gasteiger partial charge in [-0.3, -0.25) is 4.79 Å². The highest BCUT2D eigenvalue weighted by molar-refractivity contribution is 14.1. The number of allylic oxidation sites excluding steroid dienone is 1. The van der Waals surface area contributed by atoms with Crippen molar-refractivity contribution in [2.75, 3.05) is 0 Å². The predicted molar refractivity (Wildman–Crippen MR) is 79.1 cm³/mol. The first-order chi connectivity index (χ1) is 8.89. The first-order valence-corrected chi connectivity index (χ1v) is 6.79. The van der Waals surface area contributed by atoms with Crippen LogP contribution in [0.25, 0.3) is 0 Å². The van der Waals surface area contributed by atoms with E-state index in [1.807, 2.05) is 18.2 Å². The summed E-state index contributed by atoms with van der Waals surface area (Å²) in [6.07, 6.45) is 1.18. The minimum atomic E-state index is -1.36. The summed E-state index contributed by atoms with van der Waals surface area (Å²) in [5.41, 5.74) is 0.695. The Kier molecular flexibility index (Phi) is 3.96. The molecule has 19 heavy (non-hydrogen) atoms. The van der Waals surface area contributed by atoms with Crippen LogP contribution in [-0.2, 0) is 11.2 Å². The minimum Gasteiger partial charge on any atom is -0.511 e. The van der Waals surface area contributed by atoms with E-state index in [1.165, 1.54) is 6.08 Å². The standard InChI is InChI=1S/C14H13IO4/c15-14(19)7-11(17)13(12(18)8-14)10(16)6-9-4-2-1-3-5-9/h1-5,7,17-19H,6,8H2. The number of halogens is 1. The Hall–Kier alpha value is -1.34. The Labute approximate surface area is 124 Å². The topological polar surface area (TPSA) is 77.8 Å². The largest absolute Gasteiger partial charge is 0.511 e. The van der Waals surface area contributed by atoms with E-state index in [1.54, 1.807) is 34.7 Å². The molecule has 1 atom stereocenters. The zero-order valence-electron chi connectivity index (χ0n) is 10.0. The van der Waals surface area contributed by atoms with Crippen molar-refractivity contribution in [3.8, 4) is 0 Å². The molecule has 0 fully saturated rings. The van der Waals surface area contributed by atoms with Crippen molar-refractivity contribution in [1.29, 1.82) is 0 Å². The van der Waals surface area contributed by atoms with E-state index in [-0.39, 0.29) is 35.7 Å². The summed E-state index contributed by atoms with van der Waals surface area (Å²) in [5.74, 6) is -1.02. The summed E-state index contributed by atoms with van der Waals surface area (Å²) in [6, 6.07) is 9.08. The van der Waals surface area contributed by atoms with E-state index >= 15 is 0 Å². The highest BCUT2D eigenvalue weighted by Crippen LogP contribution is 2.34. The molecule has 1 aliphatic rings. The molecule has 0 aromatic heterocycles. The fraction of sp³-hybridized carbons (Fsp3) is 0.214. The third-order valence-corrected chi connectivity index (χ3v) is 3.50. The molecule has 2 rings (SSSR count). The van der Waals surface area contributed by atoms with Crippen LogP contribution in [0.5, 0.6) is 0 Å². The van der Waals surface area contributed by atoms with Crippen LogP contribution in [0.3, 0.4) is 0 Å². The van der Waals surface area contributed by atoms with Gasteiger partial charge in [0.1, 0.15) is 15.1 Å². The molecule has 0 saturated carbocycles. The summed E-state index contributed by atoms with van der Waals surface area (Å²) >= 11 is 1.69. The maximum atomic E-state index is 12.1.